The summed E-state index contributed by atoms with van der Waals surface area (Å²) in [7, 11) is 0. The Bertz CT molecular complexity index is 348. The number of nitrogens with zero attached hydrogens (tertiary/aromatic N) is 1. The summed E-state index contributed by atoms with van der Waals surface area (Å²) in [4.78, 5) is 4.17. The molecule has 3 atom stereocenters. The van der Waals surface area contributed by atoms with Gasteiger partial charge in [-0.2, -0.15) is 0 Å². The zero-order valence-corrected chi connectivity index (χ0v) is 13.2. The van der Waals surface area contributed by atoms with E-state index in [9.17, 15) is 0 Å². The molecular weight excluding hydrogens is 252 g/mol. The minimum Gasteiger partial charge on any atom is -0.326 e. The van der Waals surface area contributed by atoms with E-state index in [1.54, 1.807) is 0 Å². The lowest BCUT2D eigenvalue weighted by Crippen LogP contribution is -2.48. The summed E-state index contributed by atoms with van der Waals surface area (Å²) in [5.74, 6) is 0. The highest BCUT2D eigenvalue weighted by Crippen LogP contribution is 2.35. The molecule has 1 saturated heterocycles. The van der Waals surface area contributed by atoms with Gasteiger partial charge in [0.25, 0.3) is 0 Å². The molecule has 1 aliphatic heterocycles. The van der Waals surface area contributed by atoms with Crippen molar-refractivity contribution in [2.45, 2.75) is 70.5 Å². The van der Waals surface area contributed by atoms with Gasteiger partial charge in [0.15, 0.2) is 0 Å². The average Bonchev–Trinajstić information content (AvgIpc) is 2.95. The molecule has 2 nitrogen and oxygen atoms in total. The largest absolute Gasteiger partial charge is 0.326 e. The summed E-state index contributed by atoms with van der Waals surface area (Å²) in [6, 6.07) is 5.86. The fourth-order valence-electron chi connectivity index (χ4n) is 3.34. The summed E-state index contributed by atoms with van der Waals surface area (Å²) in [6.07, 6.45) is 7.72. The molecule has 0 spiro atoms. The Hall–Kier alpha value is -0.380. The van der Waals surface area contributed by atoms with E-state index in [4.69, 9.17) is 5.73 Å². The van der Waals surface area contributed by atoms with Crippen LogP contribution in [-0.4, -0.2) is 23.5 Å². The van der Waals surface area contributed by atoms with E-state index in [0.29, 0.717) is 6.04 Å². The minimum atomic E-state index is 0.260. The molecule has 0 aliphatic carbocycles. The van der Waals surface area contributed by atoms with Gasteiger partial charge in [-0.05, 0) is 43.7 Å². The third-order valence-corrected chi connectivity index (χ3v) is 5.31. The van der Waals surface area contributed by atoms with E-state index in [2.05, 4.69) is 36.3 Å². The van der Waals surface area contributed by atoms with E-state index >= 15 is 0 Å². The molecule has 3 unspecified atom stereocenters. The summed E-state index contributed by atoms with van der Waals surface area (Å²) in [5.41, 5.74) is 6.46. The molecule has 3 heteroatoms. The maximum atomic E-state index is 6.46. The third-order valence-electron chi connectivity index (χ3n) is 4.36. The normalized spacial score (nSPS) is 24.3. The Labute approximate surface area is 122 Å². The molecule has 0 aromatic carbocycles. The van der Waals surface area contributed by atoms with Crippen molar-refractivity contribution in [3.8, 4) is 0 Å². The summed E-state index contributed by atoms with van der Waals surface area (Å²) < 4.78 is 0. The van der Waals surface area contributed by atoms with Crippen molar-refractivity contribution < 1.29 is 0 Å². The predicted octanol–water partition coefficient (Wildman–Crippen LogP) is 4.18. The molecule has 0 bridgehead atoms. The Morgan fingerprint density at radius 3 is 2.89 bits per heavy atom. The van der Waals surface area contributed by atoms with Crippen LogP contribution in [0.3, 0.4) is 0 Å². The number of thiophene rings is 1. The van der Waals surface area contributed by atoms with Gasteiger partial charge in [-0.1, -0.05) is 32.8 Å². The van der Waals surface area contributed by atoms with Crippen molar-refractivity contribution in [1.82, 2.24) is 4.90 Å². The van der Waals surface area contributed by atoms with Crippen LogP contribution < -0.4 is 5.73 Å². The first-order chi connectivity index (χ1) is 9.27. The van der Waals surface area contributed by atoms with Crippen LogP contribution in [0.1, 0.15) is 63.3 Å². The molecule has 2 N–H and O–H groups in total. The van der Waals surface area contributed by atoms with Gasteiger partial charge in [0.2, 0.25) is 0 Å². The van der Waals surface area contributed by atoms with Gasteiger partial charge >= 0.3 is 0 Å². The molecule has 0 amide bonds. The van der Waals surface area contributed by atoms with Gasteiger partial charge in [-0.3, -0.25) is 4.90 Å². The standard InChI is InChI=1S/C16H28N2S/c1-3-8-13-9-5-6-11-18(13)16(14(17)4-2)15-10-7-12-19-15/h7,10,12-14,16H,3-6,8-9,11,17H2,1-2H3. The fraction of sp³-hybridized carbons (Fsp3) is 0.750. The van der Waals surface area contributed by atoms with Crippen LogP contribution in [0.4, 0.5) is 0 Å². The van der Waals surface area contributed by atoms with Gasteiger partial charge in [0, 0.05) is 17.0 Å². The van der Waals surface area contributed by atoms with E-state index < -0.39 is 0 Å². The molecule has 19 heavy (non-hydrogen) atoms. The van der Waals surface area contributed by atoms with Gasteiger partial charge in [-0.25, -0.2) is 0 Å². The number of likely N-dealkylation sites (tertiary alicyclic amines) is 1. The molecule has 1 aliphatic rings. The second kappa shape index (κ2) is 7.41. The van der Waals surface area contributed by atoms with E-state index in [-0.39, 0.29) is 6.04 Å². The Morgan fingerprint density at radius 2 is 2.26 bits per heavy atom. The van der Waals surface area contributed by atoms with E-state index in [0.717, 1.165) is 12.5 Å². The van der Waals surface area contributed by atoms with Gasteiger partial charge in [0.05, 0.1) is 6.04 Å². The van der Waals surface area contributed by atoms with E-state index in [1.165, 1.54) is 43.5 Å². The lowest BCUT2D eigenvalue weighted by molar-refractivity contribution is 0.0744. The van der Waals surface area contributed by atoms with Crippen LogP contribution in [0, 0.1) is 0 Å². The van der Waals surface area contributed by atoms with Crippen molar-refractivity contribution in [3.63, 3.8) is 0 Å². The zero-order valence-electron chi connectivity index (χ0n) is 12.3. The fourth-order valence-corrected chi connectivity index (χ4v) is 4.26. The second-order valence-electron chi connectivity index (χ2n) is 5.71. The third kappa shape index (κ3) is 3.59. The van der Waals surface area contributed by atoms with Crippen molar-refractivity contribution >= 4 is 11.3 Å². The topological polar surface area (TPSA) is 29.3 Å². The Balaban J connectivity index is 2.20. The maximum absolute atomic E-state index is 6.46. The molecule has 108 valence electrons. The first-order valence-corrected chi connectivity index (χ1v) is 8.70. The van der Waals surface area contributed by atoms with Gasteiger partial charge in [0.1, 0.15) is 0 Å². The highest BCUT2D eigenvalue weighted by molar-refractivity contribution is 7.10. The van der Waals surface area contributed by atoms with Crippen molar-refractivity contribution in [3.05, 3.63) is 22.4 Å². The molecular formula is C16H28N2S. The van der Waals surface area contributed by atoms with Gasteiger partial charge < -0.3 is 5.73 Å². The smallest absolute Gasteiger partial charge is 0.0595 e. The number of nitrogens with two attached hydrogens (primary N) is 1. The lowest BCUT2D eigenvalue weighted by atomic mass is 9.92. The SMILES string of the molecule is CCCC1CCCCN1C(c1cccs1)C(N)CC. The second-order valence-corrected chi connectivity index (χ2v) is 6.69. The quantitative estimate of drug-likeness (QED) is 0.847. The molecule has 2 rings (SSSR count). The highest BCUT2D eigenvalue weighted by atomic mass is 32.1. The first kappa shape index (κ1) is 15.0. The minimum absolute atomic E-state index is 0.260. The van der Waals surface area contributed by atoms with E-state index in [1.807, 2.05) is 11.3 Å². The van der Waals surface area contributed by atoms with Crippen molar-refractivity contribution in [2.75, 3.05) is 6.54 Å². The number of hydrogen-bond acceptors (Lipinski definition) is 3. The van der Waals surface area contributed by atoms with Crippen LogP contribution in [0.2, 0.25) is 0 Å². The lowest BCUT2D eigenvalue weighted by Gasteiger charge is -2.43. The summed E-state index contributed by atoms with van der Waals surface area (Å²) in [6.45, 7) is 5.73. The predicted molar refractivity (Wildman–Crippen MR) is 84.6 cm³/mol. The highest BCUT2D eigenvalue weighted by Gasteiger charge is 2.32. The molecule has 0 saturated carbocycles. The van der Waals surface area contributed by atoms with Crippen LogP contribution in [-0.2, 0) is 0 Å². The molecule has 1 fully saturated rings. The van der Waals surface area contributed by atoms with Crippen LogP contribution in [0.15, 0.2) is 17.5 Å². The van der Waals surface area contributed by atoms with Crippen molar-refractivity contribution in [1.29, 1.82) is 0 Å². The number of piperidine rings is 1. The Morgan fingerprint density at radius 1 is 1.42 bits per heavy atom. The monoisotopic (exact) mass is 280 g/mol. The van der Waals surface area contributed by atoms with Crippen LogP contribution in [0.5, 0.6) is 0 Å². The molecule has 0 radical (unpaired) electrons. The summed E-state index contributed by atoms with van der Waals surface area (Å²) >= 11 is 1.87. The van der Waals surface area contributed by atoms with Gasteiger partial charge in [-0.15, -0.1) is 11.3 Å². The Kier molecular flexibility index (Phi) is 5.86. The molecule has 1 aromatic rings. The van der Waals surface area contributed by atoms with Crippen LogP contribution >= 0.6 is 11.3 Å². The summed E-state index contributed by atoms with van der Waals surface area (Å²) in [5, 5.41) is 2.18. The number of rotatable bonds is 6. The number of hydrogen-bond donors (Lipinski definition) is 1. The maximum Gasteiger partial charge on any atom is 0.0595 e. The van der Waals surface area contributed by atoms with Crippen LogP contribution in [0.25, 0.3) is 0 Å². The zero-order chi connectivity index (χ0) is 13.7. The molecule has 1 aromatic heterocycles. The van der Waals surface area contributed by atoms with Crippen molar-refractivity contribution in [2.24, 2.45) is 5.73 Å². The molecule has 2 heterocycles. The average molecular weight is 280 g/mol. The first-order valence-electron chi connectivity index (χ1n) is 7.82.